The Hall–Kier alpha value is -1.42. The maximum absolute atomic E-state index is 13.7. The van der Waals surface area contributed by atoms with Crippen molar-refractivity contribution in [3.8, 4) is 5.69 Å². The molecule has 2 aromatic rings. The highest BCUT2D eigenvalue weighted by molar-refractivity contribution is 6.17. The van der Waals surface area contributed by atoms with Crippen LogP contribution in [0, 0.1) is 12.7 Å². The van der Waals surface area contributed by atoms with Crippen LogP contribution in [0.15, 0.2) is 24.4 Å². The second-order valence-corrected chi connectivity index (χ2v) is 4.23. The average molecular weight is 254 g/mol. The van der Waals surface area contributed by atoms with Crippen LogP contribution in [-0.2, 0) is 6.42 Å². The van der Waals surface area contributed by atoms with Crippen molar-refractivity contribution in [1.82, 2.24) is 15.0 Å². The second-order valence-electron chi connectivity index (χ2n) is 3.85. The molecule has 0 N–H and O–H groups in total. The van der Waals surface area contributed by atoms with E-state index in [1.165, 1.54) is 10.7 Å². The van der Waals surface area contributed by atoms with Crippen molar-refractivity contribution in [2.45, 2.75) is 19.8 Å². The Morgan fingerprint density at radius 1 is 1.41 bits per heavy atom. The molecule has 0 spiro atoms. The third-order valence-electron chi connectivity index (χ3n) is 2.53. The highest BCUT2D eigenvalue weighted by Gasteiger charge is 2.09. The summed E-state index contributed by atoms with van der Waals surface area (Å²) in [5.41, 5.74) is 2.12. The third kappa shape index (κ3) is 2.64. The fraction of sp³-hybridized carbons (Fsp3) is 0.333. The van der Waals surface area contributed by atoms with Crippen LogP contribution in [0.1, 0.15) is 17.7 Å². The minimum atomic E-state index is -0.293. The number of halogens is 2. The predicted octanol–water partition coefficient (Wildman–Crippen LogP) is 2.89. The molecule has 0 atom stereocenters. The van der Waals surface area contributed by atoms with Crippen LogP contribution < -0.4 is 0 Å². The number of alkyl halides is 1. The SMILES string of the molecule is Cc1cccc(F)c1-n1cc(CCCCl)nn1. The van der Waals surface area contributed by atoms with Crippen molar-refractivity contribution in [3.63, 3.8) is 0 Å². The van der Waals surface area contributed by atoms with Gasteiger partial charge in [0.15, 0.2) is 0 Å². The Labute approximate surface area is 104 Å². The van der Waals surface area contributed by atoms with Gasteiger partial charge in [-0.05, 0) is 31.4 Å². The van der Waals surface area contributed by atoms with Crippen LogP contribution in [0.3, 0.4) is 0 Å². The molecule has 1 aromatic carbocycles. The molecule has 0 aliphatic carbocycles. The van der Waals surface area contributed by atoms with Gasteiger partial charge >= 0.3 is 0 Å². The number of hydrogen-bond donors (Lipinski definition) is 0. The third-order valence-corrected chi connectivity index (χ3v) is 2.79. The fourth-order valence-corrected chi connectivity index (χ4v) is 1.82. The number of aromatic nitrogens is 3. The van der Waals surface area contributed by atoms with E-state index in [-0.39, 0.29) is 5.82 Å². The lowest BCUT2D eigenvalue weighted by Crippen LogP contribution is -2.01. The summed E-state index contributed by atoms with van der Waals surface area (Å²) in [7, 11) is 0. The lowest BCUT2D eigenvalue weighted by Gasteiger charge is -2.05. The van der Waals surface area contributed by atoms with E-state index >= 15 is 0 Å². The Kier molecular flexibility index (Phi) is 3.74. The topological polar surface area (TPSA) is 30.7 Å². The van der Waals surface area contributed by atoms with Crippen LogP contribution in [0.2, 0.25) is 0 Å². The van der Waals surface area contributed by atoms with Crippen molar-refractivity contribution in [2.75, 3.05) is 5.88 Å². The van der Waals surface area contributed by atoms with E-state index in [0.717, 1.165) is 24.1 Å². The van der Waals surface area contributed by atoms with Crippen molar-refractivity contribution >= 4 is 11.6 Å². The maximum Gasteiger partial charge on any atom is 0.149 e. The zero-order valence-corrected chi connectivity index (χ0v) is 10.3. The molecule has 3 nitrogen and oxygen atoms in total. The monoisotopic (exact) mass is 253 g/mol. The normalized spacial score (nSPS) is 10.8. The van der Waals surface area contributed by atoms with E-state index in [0.29, 0.717) is 11.6 Å². The van der Waals surface area contributed by atoms with Gasteiger partial charge in [-0.3, -0.25) is 0 Å². The van der Waals surface area contributed by atoms with Crippen LogP contribution in [0.25, 0.3) is 5.69 Å². The number of para-hydroxylation sites is 1. The molecule has 0 aliphatic rings. The summed E-state index contributed by atoms with van der Waals surface area (Å²) in [6.45, 7) is 1.85. The smallest absolute Gasteiger partial charge is 0.149 e. The first-order valence-corrected chi connectivity index (χ1v) is 5.98. The number of nitrogens with zero attached hydrogens (tertiary/aromatic N) is 3. The average Bonchev–Trinajstić information content (AvgIpc) is 2.75. The molecule has 0 saturated carbocycles. The zero-order chi connectivity index (χ0) is 12.3. The van der Waals surface area contributed by atoms with Gasteiger partial charge in [0.25, 0.3) is 0 Å². The predicted molar refractivity (Wildman–Crippen MR) is 65.1 cm³/mol. The first-order chi connectivity index (χ1) is 8.22. The summed E-state index contributed by atoms with van der Waals surface area (Å²) in [5.74, 6) is 0.296. The molecule has 0 bridgehead atoms. The van der Waals surface area contributed by atoms with Crippen LogP contribution >= 0.6 is 11.6 Å². The largest absolute Gasteiger partial charge is 0.217 e. The number of benzene rings is 1. The van der Waals surface area contributed by atoms with E-state index in [4.69, 9.17) is 11.6 Å². The quantitative estimate of drug-likeness (QED) is 0.785. The van der Waals surface area contributed by atoms with E-state index < -0.39 is 0 Å². The standard InChI is InChI=1S/C12H13ClFN3/c1-9-4-2-6-11(14)12(9)17-8-10(15-16-17)5-3-7-13/h2,4,6,8H,3,5,7H2,1H3. The van der Waals surface area contributed by atoms with E-state index in [1.54, 1.807) is 12.3 Å². The maximum atomic E-state index is 13.7. The Balaban J connectivity index is 2.30. The van der Waals surface area contributed by atoms with Gasteiger partial charge in [0.2, 0.25) is 0 Å². The van der Waals surface area contributed by atoms with Gasteiger partial charge < -0.3 is 0 Å². The van der Waals surface area contributed by atoms with Gasteiger partial charge in [-0.15, -0.1) is 16.7 Å². The number of rotatable bonds is 4. The van der Waals surface area contributed by atoms with Crippen LogP contribution in [-0.4, -0.2) is 20.9 Å². The van der Waals surface area contributed by atoms with Crippen molar-refractivity contribution < 1.29 is 4.39 Å². The molecule has 0 radical (unpaired) electrons. The minimum absolute atomic E-state index is 0.293. The molecule has 0 unspecified atom stereocenters. The fourth-order valence-electron chi connectivity index (χ4n) is 1.68. The van der Waals surface area contributed by atoms with Gasteiger partial charge in [0.05, 0.1) is 11.9 Å². The van der Waals surface area contributed by atoms with Crippen LogP contribution in [0.4, 0.5) is 4.39 Å². The number of aryl methyl sites for hydroxylation is 2. The van der Waals surface area contributed by atoms with Gasteiger partial charge in [0, 0.05) is 5.88 Å². The molecule has 0 amide bonds. The van der Waals surface area contributed by atoms with Crippen molar-refractivity contribution in [2.24, 2.45) is 0 Å². The molecule has 90 valence electrons. The van der Waals surface area contributed by atoms with Gasteiger partial charge in [0.1, 0.15) is 11.5 Å². The van der Waals surface area contributed by atoms with E-state index in [1.807, 2.05) is 13.0 Å². The Bertz CT molecular complexity index is 490. The first kappa shape index (κ1) is 12.0. The van der Waals surface area contributed by atoms with E-state index in [9.17, 15) is 4.39 Å². The van der Waals surface area contributed by atoms with E-state index in [2.05, 4.69) is 10.3 Å². The number of hydrogen-bond acceptors (Lipinski definition) is 2. The van der Waals surface area contributed by atoms with Crippen molar-refractivity contribution in [3.05, 3.63) is 41.5 Å². The Morgan fingerprint density at radius 3 is 2.94 bits per heavy atom. The summed E-state index contributed by atoms with van der Waals surface area (Å²) in [4.78, 5) is 0. The highest BCUT2D eigenvalue weighted by atomic mass is 35.5. The lowest BCUT2D eigenvalue weighted by atomic mass is 10.2. The highest BCUT2D eigenvalue weighted by Crippen LogP contribution is 2.17. The summed E-state index contributed by atoms with van der Waals surface area (Å²) in [6, 6.07) is 4.94. The molecule has 1 heterocycles. The zero-order valence-electron chi connectivity index (χ0n) is 9.53. The lowest BCUT2D eigenvalue weighted by molar-refractivity contribution is 0.605. The summed E-state index contributed by atoms with van der Waals surface area (Å²) >= 11 is 5.61. The molecule has 0 aliphatic heterocycles. The molecule has 1 aromatic heterocycles. The second kappa shape index (κ2) is 5.27. The molecule has 17 heavy (non-hydrogen) atoms. The molecule has 0 fully saturated rings. The van der Waals surface area contributed by atoms with Crippen LogP contribution in [0.5, 0.6) is 0 Å². The summed E-state index contributed by atoms with van der Waals surface area (Å²) < 4.78 is 15.2. The first-order valence-electron chi connectivity index (χ1n) is 5.45. The van der Waals surface area contributed by atoms with Crippen molar-refractivity contribution in [1.29, 1.82) is 0 Å². The molecule has 0 saturated heterocycles. The molecular weight excluding hydrogens is 241 g/mol. The van der Waals surface area contributed by atoms with Gasteiger partial charge in [-0.2, -0.15) is 0 Å². The van der Waals surface area contributed by atoms with Gasteiger partial charge in [-0.1, -0.05) is 17.3 Å². The molecular formula is C12H13ClFN3. The molecule has 5 heteroatoms. The molecule has 2 rings (SSSR count). The summed E-state index contributed by atoms with van der Waals surface area (Å²) in [6.07, 6.45) is 3.35. The Morgan fingerprint density at radius 2 is 2.24 bits per heavy atom. The van der Waals surface area contributed by atoms with Gasteiger partial charge in [-0.25, -0.2) is 9.07 Å². The minimum Gasteiger partial charge on any atom is -0.217 e. The summed E-state index contributed by atoms with van der Waals surface area (Å²) in [5, 5.41) is 7.94.